The van der Waals surface area contributed by atoms with Gasteiger partial charge in [-0.3, -0.25) is 10.1 Å². The van der Waals surface area contributed by atoms with Gasteiger partial charge in [-0.25, -0.2) is 9.37 Å². The lowest BCUT2D eigenvalue weighted by Gasteiger charge is -2.08. The molecular weight excluding hydrogens is 311 g/mol. The molecule has 7 heteroatoms. The molecule has 0 bridgehead atoms. The van der Waals surface area contributed by atoms with E-state index >= 15 is 0 Å². The van der Waals surface area contributed by atoms with E-state index < -0.39 is 4.92 Å². The standard InChI is InChI=1S/C17H15FN4O2/c1-21-16(13-3-2-4-15(9-13)22(23)24)11-20-17(21)19-10-12-5-7-14(18)8-6-12/h2-9,11H,10H2,1H3,(H,19,20). The molecule has 0 spiro atoms. The van der Waals surface area contributed by atoms with Crippen LogP contribution < -0.4 is 5.32 Å². The second-order valence-electron chi connectivity index (χ2n) is 5.31. The van der Waals surface area contributed by atoms with Crippen LogP contribution in [0.1, 0.15) is 5.56 Å². The van der Waals surface area contributed by atoms with Crippen LogP contribution in [0.4, 0.5) is 16.0 Å². The number of nitrogens with one attached hydrogen (secondary N) is 1. The third-order valence-corrected chi connectivity index (χ3v) is 3.70. The Morgan fingerprint density at radius 1 is 1.25 bits per heavy atom. The highest BCUT2D eigenvalue weighted by molar-refractivity contribution is 5.64. The lowest BCUT2D eigenvalue weighted by atomic mass is 10.1. The number of non-ortho nitro benzene ring substituents is 1. The van der Waals surface area contributed by atoms with E-state index in [9.17, 15) is 14.5 Å². The van der Waals surface area contributed by atoms with Gasteiger partial charge in [-0.05, 0) is 17.7 Å². The molecule has 0 aliphatic rings. The summed E-state index contributed by atoms with van der Waals surface area (Å²) >= 11 is 0. The molecule has 3 rings (SSSR count). The number of aromatic nitrogens is 2. The average molecular weight is 326 g/mol. The smallest absolute Gasteiger partial charge is 0.270 e. The number of benzene rings is 2. The van der Waals surface area contributed by atoms with Crippen molar-refractivity contribution in [3.05, 3.63) is 76.2 Å². The van der Waals surface area contributed by atoms with Crippen molar-refractivity contribution in [2.24, 2.45) is 7.05 Å². The Balaban J connectivity index is 1.79. The van der Waals surface area contributed by atoms with Crippen molar-refractivity contribution in [1.29, 1.82) is 0 Å². The van der Waals surface area contributed by atoms with Gasteiger partial charge in [0.15, 0.2) is 0 Å². The quantitative estimate of drug-likeness (QED) is 0.572. The van der Waals surface area contributed by atoms with E-state index in [2.05, 4.69) is 10.3 Å². The fraction of sp³-hybridized carbons (Fsp3) is 0.118. The highest BCUT2D eigenvalue weighted by Crippen LogP contribution is 2.25. The summed E-state index contributed by atoms with van der Waals surface area (Å²) in [5.41, 5.74) is 2.44. The van der Waals surface area contributed by atoms with E-state index in [1.165, 1.54) is 24.3 Å². The predicted molar refractivity (Wildman–Crippen MR) is 89.0 cm³/mol. The summed E-state index contributed by atoms with van der Waals surface area (Å²) in [6, 6.07) is 12.6. The number of nitro groups is 1. The van der Waals surface area contributed by atoms with E-state index in [0.717, 1.165) is 11.3 Å². The van der Waals surface area contributed by atoms with E-state index in [1.807, 2.05) is 11.6 Å². The molecule has 0 aliphatic heterocycles. The minimum absolute atomic E-state index is 0.0366. The molecule has 3 aromatic rings. The fourth-order valence-electron chi connectivity index (χ4n) is 2.40. The van der Waals surface area contributed by atoms with Gasteiger partial charge >= 0.3 is 0 Å². The van der Waals surface area contributed by atoms with Crippen molar-refractivity contribution in [3.63, 3.8) is 0 Å². The first-order valence-electron chi connectivity index (χ1n) is 7.29. The maximum Gasteiger partial charge on any atom is 0.270 e. The van der Waals surface area contributed by atoms with Gasteiger partial charge in [-0.1, -0.05) is 24.3 Å². The van der Waals surface area contributed by atoms with E-state index in [1.54, 1.807) is 30.5 Å². The predicted octanol–water partition coefficient (Wildman–Crippen LogP) is 3.75. The Bertz CT molecular complexity index is 875. The molecular formula is C17H15FN4O2. The van der Waals surface area contributed by atoms with Gasteiger partial charge in [0.05, 0.1) is 16.8 Å². The number of rotatable bonds is 5. The summed E-state index contributed by atoms with van der Waals surface area (Å²) in [6.45, 7) is 0.500. The van der Waals surface area contributed by atoms with Crippen LogP contribution in [0.3, 0.4) is 0 Å². The van der Waals surface area contributed by atoms with Crippen LogP contribution >= 0.6 is 0 Å². The molecule has 1 aromatic heterocycles. The third-order valence-electron chi connectivity index (χ3n) is 3.70. The van der Waals surface area contributed by atoms with Crippen LogP contribution in [0.5, 0.6) is 0 Å². The summed E-state index contributed by atoms with van der Waals surface area (Å²) in [7, 11) is 1.83. The van der Waals surface area contributed by atoms with Crippen molar-refractivity contribution in [3.8, 4) is 11.3 Å². The highest BCUT2D eigenvalue weighted by atomic mass is 19.1. The summed E-state index contributed by atoms with van der Waals surface area (Å²) < 4.78 is 14.7. The molecule has 1 N–H and O–H groups in total. The maximum absolute atomic E-state index is 12.9. The molecule has 6 nitrogen and oxygen atoms in total. The molecule has 0 radical (unpaired) electrons. The Morgan fingerprint density at radius 3 is 2.71 bits per heavy atom. The molecule has 24 heavy (non-hydrogen) atoms. The molecule has 0 amide bonds. The zero-order valence-electron chi connectivity index (χ0n) is 12.9. The van der Waals surface area contributed by atoms with E-state index in [0.29, 0.717) is 18.1 Å². The minimum atomic E-state index is -0.423. The average Bonchev–Trinajstić information content (AvgIpc) is 2.95. The zero-order valence-corrected chi connectivity index (χ0v) is 12.9. The largest absolute Gasteiger partial charge is 0.352 e. The monoisotopic (exact) mass is 326 g/mol. The van der Waals surface area contributed by atoms with Gasteiger partial charge < -0.3 is 9.88 Å². The number of anilines is 1. The molecule has 0 unspecified atom stereocenters. The van der Waals surface area contributed by atoms with Crippen LogP contribution in [-0.2, 0) is 13.6 Å². The number of imidazole rings is 1. The first-order valence-corrected chi connectivity index (χ1v) is 7.29. The molecule has 0 fully saturated rings. The van der Waals surface area contributed by atoms with Crippen LogP contribution in [0.15, 0.2) is 54.7 Å². The van der Waals surface area contributed by atoms with Crippen LogP contribution in [0.25, 0.3) is 11.3 Å². The van der Waals surface area contributed by atoms with Crippen molar-refractivity contribution in [1.82, 2.24) is 9.55 Å². The number of hydrogen-bond acceptors (Lipinski definition) is 4. The minimum Gasteiger partial charge on any atom is -0.352 e. The number of halogens is 1. The van der Waals surface area contributed by atoms with Gasteiger partial charge in [0.1, 0.15) is 5.82 Å². The summed E-state index contributed by atoms with van der Waals surface area (Å²) in [5, 5.41) is 14.1. The van der Waals surface area contributed by atoms with Gasteiger partial charge in [-0.15, -0.1) is 0 Å². The SMILES string of the molecule is Cn1c(-c2cccc([N+](=O)[O-])c2)cnc1NCc1ccc(F)cc1. The van der Waals surface area contributed by atoms with Gasteiger partial charge in [0.2, 0.25) is 5.95 Å². The lowest BCUT2D eigenvalue weighted by Crippen LogP contribution is -2.05. The molecule has 2 aromatic carbocycles. The zero-order chi connectivity index (χ0) is 17.1. The van der Waals surface area contributed by atoms with Gasteiger partial charge in [0.25, 0.3) is 5.69 Å². The normalized spacial score (nSPS) is 10.6. The van der Waals surface area contributed by atoms with Gasteiger partial charge in [0, 0.05) is 31.3 Å². The van der Waals surface area contributed by atoms with E-state index in [-0.39, 0.29) is 11.5 Å². The van der Waals surface area contributed by atoms with Crippen LogP contribution in [-0.4, -0.2) is 14.5 Å². The number of nitrogens with zero attached hydrogens (tertiary/aromatic N) is 3. The lowest BCUT2D eigenvalue weighted by molar-refractivity contribution is -0.384. The van der Waals surface area contributed by atoms with Crippen LogP contribution in [0, 0.1) is 15.9 Å². The van der Waals surface area contributed by atoms with E-state index in [4.69, 9.17) is 0 Å². The van der Waals surface area contributed by atoms with Crippen molar-refractivity contribution >= 4 is 11.6 Å². The molecule has 0 aliphatic carbocycles. The molecule has 0 atom stereocenters. The first kappa shape index (κ1) is 15.7. The van der Waals surface area contributed by atoms with Crippen LogP contribution in [0.2, 0.25) is 0 Å². The third kappa shape index (κ3) is 3.24. The summed E-state index contributed by atoms with van der Waals surface area (Å²) in [5.74, 6) is 0.351. The second-order valence-corrected chi connectivity index (χ2v) is 5.31. The summed E-state index contributed by atoms with van der Waals surface area (Å²) in [4.78, 5) is 14.8. The number of nitro benzene ring substituents is 1. The highest BCUT2D eigenvalue weighted by Gasteiger charge is 2.12. The Hall–Kier alpha value is -3.22. The molecule has 0 saturated heterocycles. The molecule has 122 valence electrons. The Labute approximate surface area is 137 Å². The summed E-state index contributed by atoms with van der Waals surface area (Å²) in [6.07, 6.45) is 1.66. The maximum atomic E-state index is 12.9. The molecule has 1 heterocycles. The molecule has 0 saturated carbocycles. The Kier molecular flexibility index (Phi) is 4.24. The second kappa shape index (κ2) is 6.49. The Morgan fingerprint density at radius 2 is 2.00 bits per heavy atom. The fourth-order valence-corrected chi connectivity index (χ4v) is 2.40. The van der Waals surface area contributed by atoms with Crippen molar-refractivity contribution in [2.45, 2.75) is 6.54 Å². The van der Waals surface area contributed by atoms with Gasteiger partial charge in [-0.2, -0.15) is 0 Å². The van der Waals surface area contributed by atoms with Crippen molar-refractivity contribution < 1.29 is 9.31 Å². The topological polar surface area (TPSA) is 73.0 Å². The number of hydrogen-bond donors (Lipinski definition) is 1. The first-order chi connectivity index (χ1) is 11.5. The van der Waals surface area contributed by atoms with Crippen molar-refractivity contribution in [2.75, 3.05) is 5.32 Å².